The first-order valence-electron chi connectivity index (χ1n) is 7.92. The van der Waals surface area contributed by atoms with Crippen LogP contribution in [0.3, 0.4) is 0 Å². The molecule has 6 heteroatoms. The van der Waals surface area contributed by atoms with E-state index in [4.69, 9.17) is 0 Å². The molecule has 1 amide bonds. The van der Waals surface area contributed by atoms with Crippen LogP contribution in [0.4, 0.5) is 0 Å². The Morgan fingerprint density at radius 3 is 2.50 bits per heavy atom. The number of nitrogens with one attached hydrogen (secondary N) is 1. The van der Waals surface area contributed by atoms with Crippen molar-refractivity contribution in [2.45, 2.75) is 33.9 Å². The standard InChI is InChI=1S/C18H21N5O/c1-13-9-10-22(20-13)12-18(24)19-11-17-14(2)21-23(15(17)3)16-7-5-4-6-8-16/h4-10H,11-12H2,1-3H3,(H,19,24). The summed E-state index contributed by atoms with van der Waals surface area (Å²) in [5.41, 5.74) is 4.92. The van der Waals surface area contributed by atoms with Crippen LogP contribution in [0, 0.1) is 20.8 Å². The van der Waals surface area contributed by atoms with Crippen molar-refractivity contribution in [2.75, 3.05) is 0 Å². The molecule has 2 heterocycles. The maximum absolute atomic E-state index is 12.1. The minimum atomic E-state index is -0.0654. The fourth-order valence-corrected chi connectivity index (χ4v) is 2.69. The zero-order valence-corrected chi connectivity index (χ0v) is 14.2. The summed E-state index contributed by atoms with van der Waals surface area (Å²) >= 11 is 0. The molecule has 0 aliphatic rings. The minimum Gasteiger partial charge on any atom is -0.350 e. The largest absolute Gasteiger partial charge is 0.350 e. The summed E-state index contributed by atoms with van der Waals surface area (Å²) < 4.78 is 3.55. The lowest BCUT2D eigenvalue weighted by Gasteiger charge is -2.07. The van der Waals surface area contributed by atoms with Crippen LogP contribution in [-0.4, -0.2) is 25.5 Å². The Morgan fingerprint density at radius 1 is 1.08 bits per heavy atom. The van der Waals surface area contributed by atoms with E-state index < -0.39 is 0 Å². The molecule has 0 aliphatic heterocycles. The molecule has 0 spiro atoms. The molecule has 0 saturated carbocycles. The number of hydrogen-bond donors (Lipinski definition) is 1. The molecule has 3 rings (SSSR count). The molecule has 0 fully saturated rings. The lowest BCUT2D eigenvalue weighted by Crippen LogP contribution is -2.27. The Kier molecular flexibility index (Phi) is 4.46. The number of aromatic nitrogens is 4. The van der Waals surface area contributed by atoms with E-state index >= 15 is 0 Å². The number of nitrogens with zero attached hydrogens (tertiary/aromatic N) is 4. The SMILES string of the molecule is Cc1ccn(CC(=O)NCc2c(C)nn(-c3ccccc3)c2C)n1. The van der Waals surface area contributed by atoms with Crippen LogP contribution in [0.5, 0.6) is 0 Å². The number of para-hydroxylation sites is 1. The number of aryl methyl sites for hydroxylation is 2. The first-order chi connectivity index (χ1) is 11.5. The normalized spacial score (nSPS) is 10.8. The second-order valence-electron chi connectivity index (χ2n) is 5.83. The summed E-state index contributed by atoms with van der Waals surface area (Å²) in [5, 5.41) is 11.8. The lowest BCUT2D eigenvalue weighted by atomic mass is 10.2. The van der Waals surface area contributed by atoms with Crippen LogP contribution in [0.25, 0.3) is 5.69 Å². The predicted molar refractivity (Wildman–Crippen MR) is 91.8 cm³/mol. The summed E-state index contributed by atoms with van der Waals surface area (Å²) in [6, 6.07) is 11.9. The van der Waals surface area contributed by atoms with Crippen molar-refractivity contribution >= 4 is 5.91 Å². The number of benzene rings is 1. The van der Waals surface area contributed by atoms with E-state index in [-0.39, 0.29) is 12.5 Å². The molecule has 24 heavy (non-hydrogen) atoms. The molecular weight excluding hydrogens is 302 g/mol. The summed E-state index contributed by atoms with van der Waals surface area (Å²) in [7, 11) is 0. The van der Waals surface area contributed by atoms with E-state index in [9.17, 15) is 4.79 Å². The number of carbonyl (C=O) groups excluding carboxylic acids is 1. The average molecular weight is 323 g/mol. The lowest BCUT2D eigenvalue weighted by molar-refractivity contribution is -0.122. The van der Waals surface area contributed by atoms with E-state index in [0.29, 0.717) is 6.54 Å². The van der Waals surface area contributed by atoms with Gasteiger partial charge in [0.2, 0.25) is 5.91 Å². The topological polar surface area (TPSA) is 64.7 Å². The molecule has 0 radical (unpaired) electrons. The van der Waals surface area contributed by atoms with Gasteiger partial charge >= 0.3 is 0 Å². The van der Waals surface area contributed by atoms with Gasteiger partial charge in [0, 0.05) is 24.0 Å². The van der Waals surface area contributed by atoms with Crippen LogP contribution >= 0.6 is 0 Å². The third-order valence-corrected chi connectivity index (χ3v) is 3.98. The van der Waals surface area contributed by atoms with Gasteiger partial charge in [-0.15, -0.1) is 0 Å². The summed E-state index contributed by atoms with van der Waals surface area (Å²) in [6.45, 7) is 6.57. The van der Waals surface area contributed by atoms with Crippen LogP contribution in [0.15, 0.2) is 42.6 Å². The highest BCUT2D eigenvalue weighted by Gasteiger charge is 2.13. The van der Waals surface area contributed by atoms with Crippen molar-refractivity contribution in [3.8, 4) is 5.69 Å². The Labute approximate surface area is 141 Å². The molecule has 6 nitrogen and oxygen atoms in total. The van der Waals surface area contributed by atoms with Gasteiger partial charge in [-0.2, -0.15) is 10.2 Å². The highest BCUT2D eigenvalue weighted by Crippen LogP contribution is 2.17. The van der Waals surface area contributed by atoms with Crippen molar-refractivity contribution < 1.29 is 4.79 Å². The second kappa shape index (κ2) is 6.70. The quantitative estimate of drug-likeness (QED) is 0.783. The number of amides is 1. The third-order valence-electron chi connectivity index (χ3n) is 3.98. The van der Waals surface area contributed by atoms with Gasteiger partial charge in [0.25, 0.3) is 0 Å². The number of carbonyl (C=O) groups is 1. The maximum atomic E-state index is 12.1. The third kappa shape index (κ3) is 3.37. The van der Waals surface area contributed by atoms with Gasteiger partial charge in [-0.3, -0.25) is 9.48 Å². The first kappa shape index (κ1) is 16.0. The van der Waals surface area contributed by atoms with E-state index in [0.717, 1.165) is 28.3 Å². The van der Waals surface area contributed by atoms with Gasteiger partial charge in [-0.1, -0.05) is 18.2 Å². The summed E-state index contributed by atoms with van der Waals surface area (Å²) in [4.78, 5) is 12.1. The molecule has 0 aliphatic carbocycles. The van der Waals surface area contributed by atoms with E-state index in [2.05, 4.69) is 15.5 Å². The fraction of sp³-hybridized carbons (Fsp3) is 0.278. The molecule has 1 aromatic carbocycles. The first-order valence-corrected chi connectivity index (χ1v) is 7.92. The summed E-state index contributed by atoms with van der Waals surface area (Å²) in [5.74, 6) is -0.0654. The highest BCUT2D eigenvalue weighted by molar-refractivity contribution is 5.75. The van der Waals surface area contributed by atoms with Crippen LogP contribution in [0.2, 0.25) is 0 Å². The molecule has 0 bridgehead atoms. The minimum absolute atomic E-state index is 0.0654. The molecular formula is C18H21N5O. The number of rotatable bonds is 5. The van der Waals surface area contributed by atoms with Crippen LogP contribution in [0.1, 0.15) is 22.6 Å². The highest BCUT2D eigenvalue weighted by atomic mass is 16.2. The van der Waals surface area contributed by atoms with Gasteiger partial charge in [-0.25, -0.2) is 4.68 Å². The molecule has 2 aromatic heterocycles. The van der Waals surface area contributed by atoms with Gasteiger partial charge in [-0.05, 0) is 39.0 Å². The van der Waals surface area contributed by atoms with Crippen molar-refractivity contribution in [1.29, 1.82) is 0 Å². The second-order valence-corrected chi connectivity index (χ2v) is 5.83. The van der Waals surface area contributed by atoms with E-state index in [1.54, 1.807) is 10.9 Å². The van der Waals surface area contributed by atoms with Crippen LogP contribution < -0.4 is 5.32 Å². The van der Waals surface area contributed by atoms with Gasteiger partial charge in [0.05, 0.1) is 17.1 Å². The summed E-state index contributed by atoms with van der Waals surface area (Å²) in [6.07, 6.45) is 1.80. The van der Waals surface area contributed by atoms with Gasteiger partial charge in [0.1, 0.15) is 6.54 Å². The Morgan fingerprint density at radius 2 is 1.83 bits per heavy atom. The average Bonchev–Trinajstić information content (AvgIpc) is 3.10. The number of hydrogen-bond acceptors (Lipinski definition) is 3. The Bertz CT molecular complexity index is 848. The fourth-order valence-electron chi connectivity index (χ4n) is 2.69. The smallest absolute Gasteiger partial charge is 0.241 e. The van der Waals surface area contributed by atoms with Gasteiger partial charge < -0.3 is 5.32 Å². The van der Waals surface area contributed by atoms with Crippen molar-refractivity contribution in [2.24, 2.45) is 0 Å². The molecule has 0 atom stereocenters. The van der Waals surface area contributed by atoms with Crippen molar-refractivity contribution in [1.82, 2.24) is 24.9 Å². The van der Waals surface area contributed by atoms with Gasteiger partial charge in [0.15, 0.2) is 0 Å². The molecule has 0 saturated heterocycles. The molecule has 124 valence electrons. The zero-order chi connectivity index (χ0) is 17.1. The van der Waals surface area contributed by atoms with E-state index in [1.165, 1.54) is 0 Å². The van der Waals surface area contributed by atoms with Crippen LogP contribution in [-0.2, 0) is 17.9 Å². The molecule has 1 N–H and O–H groups in total. The Hall–Kier alpha value is -2.89. The predicted octanol–water partition coefficient (Wildman–Crippen LogP) is 2.31. The van der Waals surface area contributed by atoms with Crippen molar-refractivity contribution in [3.05, 3.63) is 65.2 Å². The monoisotopic (exact) mass is 323 g/mol. The van der Waals surface area contributed by atoms with Crippen molar-refractivity contribution in [3.63, 3.8) is 0 Å². The molecule has 0 unspecified atom stereocenters. The molecule has 3 aromatic rings. The Balaban J connectivity index is 1.69. The van der Waals surface area contributed by atoms with E-state index in [1.807, 2.05) is 61.9 Å². The zero-order valence-electron chi connectivity index (χ0n) is 14.2. The maximum Gasteiger partial charge on any atom is 0.241 e.